The Morgan fingerprint density at radius 2 is 1.30 bits per heavy atom. The van der Waals surface area contributed by atoms with Gasteiger partial charge >= 0.3 is 0 Å². The highest BCUT2D eigenvalue weighted by Gasteiger charge is 2.55. The predicted molar refractivity (Wildman–Crippen MR) is 133 cm³/mol. The van der Waals surface area contributed by atoms with Crippen molar-refractivity contribution < 1.29 is 9.16 Å². The average molecular weight is 453 g/mol. The van der Waals surface area contributed by atoms with Gasteiger partial charge in [0.15, 0.2) is 14.1 Å². The second kappa shape index (κ2) is 8.53. The summed E-state index contributed by atoms with van der Waals surface area (Å²) in [7, 11) is -1.95. The number of hydrogen-bond acceptors (Lipinski definition) is 3. The summed E-state index contributed by atoms with van der Waals surface area (Å²) in [6.45, 7) is 7.34. The third-order valence-corrected chi connectivity index (χ3v) is 12.0. The van der Waals surface area contributed by atoms with E-state index in [1.54, 1.807) is 0 Å². The van der Waals surface area contributed by atoms with Crippen molar-refractivity contribution in [2.75, 3.05) is 6.61 Å². The fourth-order valence-corrected chi connectivity index (χ4v) is 10.7. The fourth-order valence-electron chi connectivity index (χ4n) is 4.39. The molecule has 0 aliphatic carbocycles. The Kier molecular flexibility index (Phi) is 6.16. The van der Waals surface area contributed by atoms with Crippen LogP contribution in [-0.4, -0.2) is 20.6 Å². The molecule has 0 amide bonds. The van der Waals surface area contributed by atoms with Gasteiger partial charge in [0, 0.05) is 11.6 Å². The molecule has 1 fully saturated rings. The predicted octanol–water partition coefficient (Wildman–Crippen LogP) is 5.61. The van der Waals surface area contributed by atoms with Gasteiger partial charge in [0.2, 0.25) is 0 Å². The van der Waals surface area contributed by atoms with Gasteiger partial charge in [-0.05, 0) is 36.7 Å². The van der Waals surface area contributed by atoms with E-state index in [-0.39, 0.29) is 5.66 Å². The van der Waals surface area contributed by atoms with Crippen molar-refractivity contribution in [2.45, 2.75) is 37.5 Å². The van der Waals surface area contributed by atoms with E-state index in [0.717, 1.165) is 12.0 Å². The molecule has 2 nitrogen and oxygen atoms in total. The van der Waals surface area contributed by atoms with Crippen LogP contribution in [0, 0.1) is 0 Å². The summed E-state index contributed by atoms with van der Waals surface area (Å²) in [5, 5.41) is 2.45. The minimum absolute atomic E-state index is 0.0684. The van der Waals surface area contributed by atoms with E-state index >= 15 is 0 Å². The topological polar surface area (TPSA) is 18.5 Å². The number of ether oxygens (including phenoxy) is 1. The standard InChI is InChI=1S/C25H29O2PSSi/c1-30(2,3)27-25(21-13-7-4-8-14-21)24(19-20-26-25)28(29,22-15-9-5-10-16-22)23-17-11-6-12-18-23/h4-18,24H,19-20H2,1-3H3/t24-,25-/m1/s1. The van der Waals surface area contributed by atoms with Gasteiger partial charge in [0.05, 0.1) is 12.3 Å². The lowest BCUT2D eigenvalue weighted by atomic mass is 10.0. The zero-order valence-corrected chi connectivity index (χ0v) is 20.5. The highest BCUT2D eigenvalue weighted by atomic mass is 32.4. The second-order valence-corrected chi connectivity index (χ2v) is 17.9. The Bertz CT molecular complexity index is 978. The van der Waals surface area contributed by atoms with Gasteiger partial charge in [0.25, 0.3) is 0 Å². The molecule has 1 heterocycles. The van der Waals surface area contributed by atoms with E-state index in [1.165, 1.54) is 10.6 Å². The average Bonchev–Trinajstić information content (AvgIpc) is 3.18. The molecule has 0 radical (unpaired) electrons. The van der Waals surface area contributed by atoms with E-state index in [4.69, 9.17) is 21.0 Å². The van der Waals surface area contributed by atoms with Gasteiger partial charge in [-0.3, -0.25) is 0 Å². The molecule has 0 spiro atoms. The Balaban J connectivity index is 1.96. The van der Waals surface area contributed by atoms with Gasteiger partial charge in [-0.1, -0.05) is 103 Å². The first-order chi connectivity index (χ1) is 14.4. The summed E-state index contributed by atoms with van der Waals surface area (Å²) >= 11 is 6.70. The normalized spacial score (nSPS) is 22.2. The lowest BCUT2D eigenvalue weighted by Crippen LogP contribution is -2.48. The first-order valence-electron chi connectivity index (χ1n) is 10.5. The highest BCUT2D eigenvalue weighted by molar-refractivity contribution is 8.22. The van der Waals surface area contributed by atoms with E-state index < -0.39 is 20.1 Å². The van der Waals surface area contributed by atoms with Crippen LogP contribution < -0.4 is 10.6 Å². The molecule has 30 heavy (non-hydrogen) atoms. The van der Waals surface area contributed by atoms with Crippen LogP contribution in [0.1, 0.15) is 12.0 Å². The van der Waals surface area contributed by atoms with Gasteiger partial charge in [-0.15, -0.1) is 0 Å². The number of benzene rings is 3. The molecule has 1 aliphatic rings. The first kappa shape index (κ1) is 21.7. The molecule has 3 aromatic rings. The van der Waals surface area contributed by atoms with E-state index in [0.29, 0.717) is 6.61 Å². The molecule has 0 bridgehead atoms. The molecule has 4 rings (SSSR count). The molecular weight excluding hydrogens is 423 g/mol. The minimum atomic E-state index is -2.24. The summed E-state index contributed by atoms with van der Waals surface area (Å²) in [5.41, 5.74) is 1.15. The van der Waals surface area contributed by atoms with E-state index in [1.807, 2.05) is 6.07 Å². The Morgan fingerprint density at radius 1 is 0.833 bits per heavy atom. The molecule has 0 aromatic heterocycles. The van der Waals surface area contributed by atoms with Gasteiger partial charge < -0.3 is 9.16 Å². The van der Waals surface area contributed by atoms with Crippen molar-refractivity contribution >= 4 is 36.8 Å². The van der Waals surface area contributed by atoms with Crippen LogP contribution in [-0.2, 0) is 26.8 Å². The fraction of sp³-hybridized carbons (Fsp3) is 0.280. The summed E-state index contributed by atoms with van der Waals surface area (Å²) in [5.74, 6) is -0.813. The van der Waals surface area contributed by atoms with Crippen molar-refractivity contribution in [2.24, 2.45) is 0 Å². The quantitative estimate of drug-likeness (QED) is 0.358. The van der Waals surface area contributed by atoms with Crippen molar-refractivity contribution in [1.82, 2.24) is 0 Å². The van der Waals surface area contributed by atoms with Gasteiger partial charge in [0.1, 0.15) is 0 Å². The highest BCUT2D eigenvalue weighted by Crippen LogP contribution is 2.61. The lowest BCUT2D eigenvalue weighted by molar-refractivity contribution is -0.161. The van der Waals surface area contributed by atoms with Crippen molar-refractivity contribution in [3.63, 3.8) is 0 Å². The molecule has 0 N–H and O–H groups in total. The lowest BCUT2D eigenvalue weighted by Gasteiger charge is -2.44. The molecule has 1 saturated heterocycles. The summed E-state index contributed by atoms with van der Waals surface area (Å²) in [4.78, 5) is 0. The molecule has 0 unspecified atom stereocenters. The van der Waals surface area contributed by atoms with Crippen LogP contribution >= 0.6 is 6.04 Å². The van der Waals surface area contributed by atoms with Crippen molar-refractivity contribution in [3.05, 3.63) is 96.6 Å². The first-order valence-corrected chi connectivity index (χ1v) is 16.7. The maximum Gasteiger partial charge on any atom is 0.193 e. The summed E-state index contributed by atoms with van der Waals surface area (Å²) in [6, 6.07) is 29.5. The molecule has 3 aromatic carbocycles. The molecule has 5 heteroatoms. The van der Waals surface area contributed by atoms with Crippen LogP contribution in [0.25, 0.3) is 0 Å². The van der Waals surface area contributed by atoms with E-state index in [2.05, 4.69) is 105 Å². The zero-order valence-electron chi connectivity index (χ0n) is 17.8. The van der Waals surface area contributed by atoms with Crippen molar-refractivity contribution in [1.29, 1.82) is 0 Å². The number of hydrogen-bond donors (Lipinski definition) is 0. The Hall–Kier alpha value is -1.55. The van der Waals surface area contributed by atoms with Crippen molar-refractivity contribution in [3.8, 4) is 0 Å². The minimum Gasteiger partial charge on any atom is -0.387 e. The summed E-state index contributed by atoms with van der Waals surface area (Å²) < 4.78 is 13.5. The van der Waals surface area contributed by atoms with Crippen LogP contribution in [0.4, 0.5) is 0 Å². The maximum absolute atomic E-state index is 6.95. The van der Waals surface area contributed by atoms with Gasteiger partial charge in [-0.25, -0.2) is 0 Å². The van der Waals surface area contributed by atoms with Crippen LogP contribution in [0.2, 0.25) is 19.6 Å². The zero-order chi connectivity index (χ0) is 21.2. The summed E-state index contributed by atoms with van der Waals surface area (Å²) in [6.07, 6.45) is 0.889. The SMILES string of the molecule is C[Si](C)(C)O[C@@]1(c2ccccc2)OCC[C@H]1P(=S)(c1ccccc1)c1ccccc1. The third kappa shape index (κ3) is 4.00. The van der Waals surface area contributed by atoms with Crippen LogP contribution in [0.15, 0.2) is 91.0 Å². The molecule has 1 aliphatic heterocycles. The second-order valence-electron chi connectivity index (χ2n) is 8.73. The Morgan fingerprint density at radius 3 is 1.77 bits per heavy atom. The molecule has 0 saturated carbocycles. The maximum atomic E-state index is 6.95. The number of rotatable bonds is 6. The molecule has 156 valence electrons. The Labute approximate surface area is 186 Å². The third-order valence-electron chi connectivity index (χ3n) is 5.50. The molecular formula is C25H29O2PSSi. The largest absolute Gasteiger partial charge is 0.387 e. The van der Waals surface area contributed by atoms with E-state index in [9.17, 15) is 0 Å². The van der Waals surface area contributed by atoms with Crippen LogP contribution in [0.5, 0.6) is 0 Å². The van der Waals surface area contributed by atoms with Gasteiger partial charge in [-0.2, -0.15) is 0 Å². The van der Waals surface area contributed by atoms with Crippen LogP contribution in [0.3, 0.4) is 0 Å². The smallest absolute Gasteiger partial charge is 0.193 e. The molecule has 2 atom stereocenters. The monoisotopic (exact) mass is 452 g/mol.